The van der Waals surface area contributed by atoms with E-state index in [1.165, 1.54) is 0 Å². The molecule has 0 saturated heterocycles. The van der Waals surface area contributed by atoms with Crippen LogP contribution in [-0.2, 0) is 22.4 Å². The molecule has 1 aliphatic rings. The average Bonchev–Trinajstić information content (AvgIpc) is 3.34. The number of aromatic nitrogens is 2. The van der Waals surface area contributed by atoms with Crippen LogP contribution >= 0.6 is 0 Å². The fourth-order valence-electron chi connectivity index (χ4n) is 3.42. The highest BCUT2D eigenvalue weighted by molar-refractivity contribution is 5.95. The third-order valence-corrected chi connectivity index (χ3v) is 4.97. The van der Waals surface area contributed by atoms with Gasteiger partial charge >= 0.3 is 0 Å². The van der Waals surface area contributed by atoms with Crippen molar-refractivity contribution in [2.75, 3.05) is 16.8 Å². The molecule has 0 fully saturated rings. The van der Waals surface area contributed by atoms with E-state index in [1.807, 2.05) is 49.4 Å². The monoisotopic (exact) mass is 390 g/mol. The first kappa shape index (κ1) is 18.9. The highest BCUT2D eigenvalue weighted by atomic mass is 16.4. The van der Waals surface area contributed by atoms with E-state index in [-0.39, 0.29) is 18.2 Å². The van der Waals surface area contributed by atoms with Gasteiger partial charge in [-0.25, -0.2) is 0 Å². The summed E-state index contributed by atoms with van der Waals surface area (Å²) in [5.41, 5.74) is 4.73. The maximum atomic E-state index is 12.3. The SMILES string of the molecule is CC(=O)N1CCc2cc(NC(=O)CCc3nnc(-c4ccc(C)cc4)o3)ccc21. The van der Waals surface area contributed by atoms with Gasteiger partial charge in [0.15, 0.2) is 0 Å². The predicted octanol–water partition coefficient (Wildman–Crippen LogP) is 3.53. The molecule has 0 saturated carbocycles. The second kappa shape index (κ2) is 7.87. The van der Waals surface area contributed by atoms with Crippen molar-refractivity contribution in [2.45, 2.75) is 33.1 Å². The molecule has 0 spiro atoms. The van der Waals surface area contributed by atoms with Gasteiger partial charge in [-0.3, -0.25) is 9.59 Å². The second-order valence-corrected chi connectivity index (χ2v) is 7.18. The maximum Gasteiger partial charge on any atom is 0.247 e. The van der Waals surface area contributed by atoms with E-state index < -0.39 is 0 Å². The molecular weight excluding hydrogens is 368 g/mol. The molecule has 2 amide bonds. The van der Waals surface area contributed by atoms with Gasteiger partial charge in [0.2, 0.25) is 23.6 Å². The van der Waals surface area contributed by atoms with Gasteiger partial charge in [-0.05, 0) is 49.2 Å². The number of hydrogen-bond acceptors (Lipinski definition) is 5. The number of carbonyl (C=O) groups excluding carboxylic acids is 2. The topological polar surface area (TPSA) is 88.3 Å². The standard InChI is InChI=1S/C22H22N4O3/c1-14-3-5-16(6-4-14)22-25-24-21(29-22)10-9-20(28)23-18-7-8-19-17(13-18)11-12-26(19)15(2)27/h3-8,13H,9-12H2,1-2H3,(H,23,28). The lowest BCUT2D eigenvalue weighted by Gasteiger charge is -2.15. The number of aryl methyl sites for hydroxylation is 2. The zero-order chi connectivity index (χ0) is 20.4. The Balaban J connectivity index is 1.34. The molecule has 7 nitrogen and oxygen atoms in total. The predicted molar refractivity (Wildman–Crippen MR) is 110 cm³/mol. The fraction of sp³-hybridized carbons (Fsp3) is 0.273. The summed E-state index contributed by atoms with van der Waals surface area (Å²) in [7, 11) is 0. The minimum atomic E-state index is -0.124. The average molecular weight is 390 g/mol. The molecule has 1 aliphatic heterocycles. The number of amides is 2. The van der Waals surface area contributed by atoms with Gasteiger partial charge in [0.1, 0.15) is 0 Å². The van der Waals surface area contributed by atoms with E-state index >= 15 is 0 Å². The Kier molecular flexibility index (Phi) is 5.12. The van der Waals surface area contributed by atoms with Crippen molar-refractivity contribution in [2.24, 2.45) is 0 Å². The van der Waals surface area contributed by atoms with Crippen LogP contribution in [0, 0.1) is 6.92 Å². The summed E-state index contributed by atoms with van der Waals surface area (Å²) in [6.07, 6.45) is 1.41. The van der Waals surface area contributed by atoms with E-state index in [0.717, 1.165) is 34.5 Å². The Morgan fingerprint density at radius 3 is 2.69 bits per heavy atom. The van der Waals surface area contributed by atoms with Crippen molar-refractivity contribution in [1.29, 1.82) is 0 Å². The quantitative estimate of drug-likeness (QED) is 0.720. The van der Waals surface area contributed by atoms with Crippen LogP contribution in [0.15, 0.2) is 46.9 Å². The lowest BCUT2D eigenvalue weighted by Crippen LogP contribution is -2.25. The van der Waals surface area contributed by atoms with Gasteiger partial charge in [-0.15, -0.1) is 10.2 Å². The molecule has 0 aliphatic carbocycles. The molecule has 3 aromatic rings. The summed E-state index contributed by atoms with van der Waals surface area (Å²) in [6, 6.07) is 13.5. The number of carbonyl (C=O) groups is 2. The van der Waals surface area contributed by atoms with E-state index in [4.69, 9.17) is 4.42 Å². The minimum absolute atomic E-state index is 0.0325. The first-order valence-corrected chi connectivity index (χ1v) is 9.60. The Morgan fingerprint density at radius 1 is 1.14 bits per heavy atom. The molecule has 0 bridgehead atoms. The molecule has 0 unspecified atom stereocenters. The highest BCUT2D eigenvalue weighted by Gasteiger charge is 2.22. The molecule has 4 rings (SSSR count). The molecule has 7 heteroatoms. The van der Waals surface area contributed by atoms with Crippen molar-refractivity contribution in [1.82, 2.24) is 10.2 Å². The van der Waals surface area contributed by atoms with E-state index in [9.17, 15) is 9.59 Å². The van der Waals surface area contributed by atoms with Gasteiger partial charge in [0.05, 0.1) is 0 Å². The molecular formula is C22H22N4O3. The van der Waals surface area contributed by atoms with E-state index in [0.29, 0.717) is 24.7 Å². The van der Waals surface area contributed by atoms with E-state index in [2.05, 4.69) is 15.5 Å². The van der Waals surface area contributed by atoms with Crippen molar-refractivity contribution < 1.29 is 14.0 Å². The second-order valence-electron chi connectivity index (χ2n) is 7.18. The molecule has 1 aromatic heterocycles. The molecule has 0 radical (unpaired) electrons. The summed E-state index contributed by atoms with van der Waals surface area (Å²) in [4.78, 5) is 25.7. The number of nitrogens with zero attached hydrogens (tertiary/aromatic N) is 3. The zero-order valence-electron chi connectivity index (χ0n) is 16.4. The van der Waals surface area contributed by atoms with Gasteiger partial charge in [0, 0.05) is 43.2 Å². The Bertz CT molecular complexity index is 1060. The third kappa shape index (κ3) is 4.18. The number of rotatable bonds is 5. The van der Waals surface area contributed by atoms with Crippen LogP contribution in [0.2, 0.25) is 0 Å². The molecule has 29 heavy (non-hydrogen) atoms. The van der Waals surface area contributed by atoms with Crippen LogP contribution in [0.5, 0.6) is 0 Å². The Morgan fingerprint density at radius 2 is 1.93 bits per heavy atom. The number of benzene rings is 2. The molecule has 2 heterocycles. The number of hydrogen-bond donors (Lipinski definition) is 1. The molecule has 2 aromatic carbocycles. The van der Waals surface area contributed by atoms with Crippen LogP contribution in [0.4, 0.5) is 11.4 Å². The van der Waals surface area contributed by atoms with Gasteiger partial charge in [-0.2, -0.15) is 0 Å². The number of nitrogens with one attached hydrogen (secondary N) is 1. The largest absolute Gasteiger partial charge is 0.421 e. The van der Waals surface area contributed by atoms with Gasteiger partial charge in [-0.1, -0.05) is 17.7 Å². The maximum absolute atomic E-state index is 12.3. The van der Waals surface area contributed by atoms with Gasteiger partial charge in [0.25, 0.3) is 0 Å². The Labute approximate surface area is 168 Å². The van der Waals surface area contributed by atoms with Crippen LogP contribution in [-0.4, -0.2) is 28.6 Å². The van der Waals surface area contributed by atoms with Crippen molar-refractivity contribution in [3.63, 3.8) is 0 Å². The number of fused-ring (bicyclic) bond motifs is 1. The van der Waals surface area contributed by atoms with E-state index in [1.54, 1.807) is 11.8 Å². The number of anilines is 2. The van der Waals surface area contributed by atoms with Crippen LogP contribution in [0.1, 0.15) is 30.4 Å². The first-order chi connectivity index (χ1) is 14.0. The summed E-state index contributed by atoms with van der Waals surface area (Å²) in [5, 5.41) is 11.0. The lowest BCUT2D eigenvalue weighted by atomic mass is 10.1. The summed E-state index contributed by atoms with van der Waals surface area (Å²) < 4.78 is 5.67. The molecule has 148 valence electrons. The van der Waals surface area contributed by atoms with Crippen molar-refractivity contribution >= 4 is 23.2 Å². The normalized spacial score (nSPS) is 12.7. The third-order valence-electron chi connectivity index (χ3n) is 4.97. The van der Waals surface area contributed by atoms with Crippen molar-refractivity contribution in [3.05, 3.63) is 59.5 Å². The van der Waals surface area contributed by atoms with Crippen molar-refractivity contribution in [3.8, 4) is 11.5 Å². The van der Waals surface area contributed by atoms with Crippen LogP contribution in [0.3, 0.4) is 0 Å². The molecule has 0 atom stereocenters. The summed E-state index contributed by atoms with van der Waals surface area (Å²) >= 11 is 0. The van der Waals surface area contributed by atoms with Crippen LogP contribution in [0.25, 0.3) is 11.5 Å². The first-order valence-electron chi connectivity index (χ1n) is 9.60. The lowest BCUT2D eigenvalue weighted by molar-refractivity contribution is -0.117. The van der Waals surface area contributed by atoms with Crippen LogP contribution < -0.4 is 10.2 Å². The summed E-state index contributed by atoms with van der Waals surface area (Å²) in [5.74, 6) is 0.794. The molecule has 1 N–H and O–H groups in total. The fourth-order valence-corrected chi connectivity index (χ4v) is 3.42. The van der Waals surface area contributed by atoms with Gasteiger partial charge < -0.3 is 14.6 Å². The zero-order valence-corrected chi connectivity index (χ0v) is 16.4. The summed E-state index contributed by atoms with van der Waals surface area (Å²) in [6.45, 7) is 4.26. The highest BCUT2D eigenvalue weighted by Crippen LogP contribution is 2.30. The Hall–Kier alpha value is -3.48. The minimum Gasteiger partial charge on any atom is -0.421 e. The smallest absolute Gasteiger partial charge is 0.247 e.